The molecule has 5 rings (SSSR count). The Bertz CT molecular complexity index is 1540. The smallest absolute Gasteiger partial charge is 0.301 e. The number of halogens is 1. The average molecular weight is 565 g/mol. The Morgan fingerprint density at radius 3 is 2.44 bits per heavy atom. The van der Waals surface area contributed by atoms with Crippen LogP contribution in [-0.2, 0) is 9.59 Å². The zero-order valence-corrected chi connectivity index (χ0v) is 22.0. The van der Waals surface area contributed by atoms with E-state index in [1.807, 2.05) is 25.1 Å². The van der Waals surface area contributed by atoms with Gasteiger partial charge >= 0.3 is 5.91 Å². The fourth-order valence-electron chi connectivity index (χ4n) is 4.22. The van der Waals surface area contributed by atoms with Gasteiger partial charge in [0.1, 0.15) is 17.3 Å². The molecule has 1 fully saturated rings. The number of ketones is 1. The molecule has 1 aliphatic heterocycles. The highest BCUT2D eigenvalue weighted by Crippen LogP contribution is 2.45. The standard InChI is InChI=1S/C27H21BrN2O5S/c1-14-4-10-19-21(12-14)36-27(29-19)30-23(15-5-8-17(34-2)9-6-15)22(25(32)26(30)33)24(31)16-7-11-20(35-3)18(28)13-16/h4-13,23,31H,1-3H3/b24-22+. The molecule has 1 amide bonds. The number of carbonyl (C=O) groups is 2. The van der Waals surface area contributed by atoms with Gasteiger partial charge in [0.05, 0.1) is 40.5 Å². The quantitative estimate of drug-likeness (QED) is 0.181. The summed E-state index contributed by atoms with van der Waals surface area (Å²) in [6.45, 7) is 1.98. The summed E-state index contributed by atoms with van der Waals surface area (Å²) in [7, 11) is 3.10. The molecule has 1 atom stereocenters. The first-order valence-corrected chi connectivity index (χ1v) is 12.6. The summed E-state index contributed by atoms with van der Waals surface area (Å²) in [5.41, 5.74) is 2.79. The molecule has 4 aromatic rings. The van der Waals surface area contributed by atoms with Crippen molar-refractivity contribution in [2.45, 2.75) is 13.0 Å². The number of nitrogens with zero attached hydrogens (tertiary/aromatic N) is 2. The summed E-state index contributed by atoms with van der Waals surface area (Å²) >= 11 is 4.74. The Morgan fingerprint density at radius 1 is 1.03 bits per heavy atom. The van der Waals surface area contributed by atoms with Crippen LogP contribution in [0.3, 0.4) is 0 Å². The number of rotatable bonds is 5. The van der Waals surface area contributed by atoms with Gasteiger partial charge in [-0.2, -0.15) is 0 Å². The van der Waals surface area contributed by atoms with E-state index >= 15 is 0 Å². The average Bonchev–Trinajstić information content (AvgIpc) is 3.41. The maximum Gasteiger partial charge on any atom is 0.301 e. The number of thiazole rings is 1. The number of methoxy groups -OCH3 is 2. The molecule has 1 unspecified atom stereocenters. The second-order valence-electron chi connectivity index (χ2n) is 8.26. The monoisotopic (exact) mass is 564 g/mol. The fourth-order valence-corrected chi connectivity index (χ4v) is 5.85. The zero-order chi connectivity index (χ0) is 25.6. The number of carbonyl (C=O) groups excluding carboxylic acids is 2. The Morgan fingerprint density at radius 2 is 1.78 bits per heavy atom. The van der Waals surface area contributed by atoms with Crippen LogP contribution in [0.1, 0.15) is 22.7 Å². The van der Waals surface area contributed by atoms with Crippen LogP contribution in [0.5, 0.6) is 11.5 Å². The van der Waals surface area contributed by atoms with E-state index in [-0.39, 0.29) is 11.3 Å². The second-order valence-corrected chi connectivity index (χ2v) is 10.1. The van der Waals surface area contributed by atoms with Gasteiger partial charge in [-0.3, -0.25) is 14.5 Å². The van der Waals surface area contributed by atoms with E-state index in [1.165, 1.54) is 23.3 Å². The van der Waals surface area contributed by atoms with E-state index in [0.29, 0.717) is 32.2 Å². The molecule has 36 heavy (non-hydrogen) atoms. The molecule has 0 aliphatic carbocycles. The summed E-state index contributed by atoms with van der Waals surface area (Å²) in [6.07, 6.45) is 0. The van der Waals surface area contributed by atoms with Gasteiger partial charge in [0.2, 0.25) is 0 Å². The highest BCUT2D eigenvalue weighted by molar-refractivity contribution is 9.10. The molecule has 1 aliphatic rings. The first-order chi connectivity index (χ1) is 17.3. The number of aliphatic hydroxyl groups is 1. The van der Waals surface area contributed by atoms with E-state index in [0.717, 1.165) is 15.8 Å². The number of fused-ring (bicyclic) bond motifs is 1. The molecule has 1 saturated heterocycles. The van der Waals surface area contributed by atoms with Crippen LogP contribution in [-0.4, -0.2) is 36.0 Å². The molecule has 7 nitrogen and oxygen atoms in total. The van der Waals surface area contributed by atoms with E-state index < -0.39 is 17.7 Å². The third-order valence-electron chi connectivity index (χ3n) is 6.04. The second kappa shape index (κ2) is 9.40. The summed E-state index contributed by atoms with van der Waals surface area (Å²) in [5, 5.41) is 11.7. The molecule has 9 heteroatoms. The van der Waals surface area contributed by atoms with Crippen molar-refractivity contribution in [3.63, 3.8) is 0 Å². The lowest BCUT2D eigenvalue weighted by atomic mass is 9.95. The van der Waals surface area contributed by atoms with Crippen LogP contribution in [0.4, 0.5) is 5.13 Å². The first kappa shape index (κ1) is 24.0. The molecule has 0 saturated carbocycles. The van der Waals surface area contributed by atoms with Crippen LogP contribution in [0.25, 0.3) is 16.0 Å². The number of hydrogen-bond donors (Lipinski definition) is 1. The number of aryl methyl sites for hydroxylation is 1. The van der Waals surface area contributed by atoms with Crippen molar-refractivity contribution in [3.05, 3.63) is 87.4 Å². The molecule has 0 radical (unpaired) electrons. The Hall–Kier alpha value is -3.69. The van der Waals surface area contributed by atoms with Gasteiger partial charge in [-0.1, -0.05) is 29.5 Å². The summed E-state index contributed by atoms with van der Waals surface area (Å²) < 4.78 is 12.1. The number of Topliss-reactive ketones (excluding diaryl/α,β-unsaturated/α-hetero) is 1. The van der Waals surface area contributed by atoms with Crippen LogP contribution in [0.2, 0.25) is 0 Å². The molecular weight excluding hydrogens is 544 g/mol. The van der Waals surface area contributed by atoms with Gasteiger partial charge in [-0.15, -0.1) is 0 Å². The topological polar surface area (TPSA) is 89.0 Å². The molecule has 1 N–H and O–H groups in total. The highest BCUT2D eigenvalue weighted by atomic mass is 79.9. The molecule has 2 heterocycles. The minimum atomic E-state index is -0.876. The number of benzene rings is 3. The maximum absolute atomic E-state index is 13.4. The highest BCUT2D eigenvalue weighted by Gasteiger charge is 2.48. The zero-order valence-electron chi connectivity index (χ0n) is 19.6. The minimum absolute atomic E-state index is 0.0160. The number of hydrogen-bond acceptors (Lipinski definition) is 7. The maximum atomic E-state index is 13.4. The van der Waals surface area contributed by atoms with E-state index in [4.69, 9.17) is 9.47 Å². The van der Waals surface area contributed by atoms with Gasteiger partial charge in [0.25, 0.3) is 5.78 Å². The molecule has 182 valence electrons. The third kappa shape index (κ3) is 4.04. The first-order valence-electron chi connectivity index (χ1n) is 11.0. The lowest BCUT2D eigenvalue weighted by molar-refractivity contribution is -0.132. The van der Waals surface area contributed by atoms with E-state index in [2.05, 4.69) is 20.9 Å². The van der Waals surface area contributed by atoms with Crippen LogP contribution in [0, 0.1) is 6.92 Å². The van der Waals surface area contributed by atoms with E-state index in [9.17, 15) is 14.7 Å². The Labute approximate surface area is 219 Å². The predicted molar refractivity (Wildman–Crippen MR) is 143 cm³/mol. The van der Waals surface area contributed by atoms with Crippen molar-refractivity contribution in [2.75, 3.05) is 19.1 Å². The van der Waals surface area contributed by atoms with Gasteiger partial charge < -0.3 is 14.6 Å². The van der Waals surface area contributed by atoms with Crippen molar-refractivity contribution in [2.24, 2.45) is 0 Å². The molecule has 3 aromatic carbocycles. The van der Waals surface area contributed by atoms with Crippen molar-refractivity contribution < 1.29 is 24.2 Å². The third-order valence-corrected chi connectivity index (χ3v) is 7.68. The molecular formula is C27H21BrN2O5S. The molecule has 0 bridgehead atoms. The summed E-state index contributed by atoms with van der Waals surface area (Å²) in [5.74, 6) is -0.609. The Kier molecular flexibility index (Phi) is 6.27. The minimum Gasteiger partial charge on any atom is -0.507 e. The van der Waals surface area contributed by atoms with Crippen LogP contribution in [0.15, 0.2) is 70.7 Å². The van der Waals surface area contributed by atoms with Crippen molar-refractivity contribution in [1.29, 1.82) is 0 Å². The summed E-state index contributed by atoms with van der Waals surface area (Å²) in [4.78, 5) is 32.8. The Balaban J connectivity index is 1.71. The van der Waals surface area contributed by atoms with Crippen LogP contribution >= 0.6 is 27.3 Å². The van der Waals surface area contributed by atoms with Crippen molar-refractivity contribution in [1.82, 2.24) is 4.98 Å². The van der Waals surface area contributed by atoms with Gasteiger partial charge in [-0.05, 0) is 76.4 Å². The summed E-state index contributed by atoms with van der Waals surface area (Å²) in [6, 6.07) is 17.0. The van der Waals surface area contributed by atoms with Gasteiger partial charge in [-0.25, -0.2) is 4.98 Å². The largest absolute Gasteiger partial charge is 0.507 e. The number of amides is 1. The lowest BCUT2D eigenvalue weighted by Gasteiger charge is -2.23. The number of ether oxygens (including phenoxy) is 2. The molecule has 1 aromatic heterocycles. The lowest BCUT2D eigenvalue weighted by Crippen LogP contribution is -2.29. The van der Waals surface area contributed by atoms with E-state index in [1.54, 1.807) is 49.6 Å². The number of aliphatic hydroxyl groups excluding tert-OH is 1. The van der Waals surface area contributed by atoms with Crippen molar-refractivity contribution in [3.8, 4) is 11.5 Å². The normalized spacial score (nSPS) is 17.1. The number of aromatic nitrogens is 1. The predicted octanol–water partition coefficient (Wildman–Crippen LogP) is 6.01. The van der Waals surface area contributed by atoms with Crippen LogP contribution < -0.4 is 14.4 Å². The number of anilines is 1. The molecule has 0 spiro atoms. The fraction of sp³-hybridized carbons (Fsp3) is 0.148. The van der Waals surface area contributed by atoms with Crippen molar-refractivity contribution >= 4 is 60.1 Å². The van der Waals surface area contributed by atoms with Gasteiger partial charge in [0, 0.05) is 5.56 Å². The van der Waals surface area contributed by atoms with Gasteiger partial charge in [0.15, 0.2) is 5.13 Å². The SMILES string of the molecule is COc1ccc(C2/C(=C(\O)c3ccc(OC)c(Br)c3)C(=O)C(=O)N2c2nc3ccc(C)cc3s2)cc1.